The number of nitrogens with zero attached hydrogens (tertiary/aromatic N) is 3. The van der Waals surface area contributed by atoms with Crippen LogP contribution in [0, 0.1) is 0 Å². The third-order valence-electron chi connectivity index (χ3n) is 2.79. The normalized spacial score (nSPS) is 16.7. The van der Waals surface area contributed by atoms with Crippen molar-refractivity contribution in [1.29, 1.82) is 0 Å². The molecule has 3 rings (SSSR count). The second-order valence-corrected chi connectivity index (χ2v) is 5.15. The Hall–Kier alpha value is -1.28. The number of amides is 1. The molecule has 3 heterocycles. The Balaban J connectivity index is 0.00000110. The molecule has 2 aromatic heterocycles. The highest BCUT2D eigenvalue weighted by atomic mass is 35.5. The Morgan fingerprint density at radius 2 is 2.29 bits per heavy atom. The van der Waals surface area contributed by atoms with Crippen molar-refractivity contribution in [3.05, 3.63) is 36.8 Å². The molecule has 1 unspecified atom stereocenters. The van der Waals surface area contributed by atoms with Gasteiger partial charge in [0.25, 0.3) is 0 Å². The first-order chi connectivity index (χ1) is 9.33. The van der Waals surface area contributed by atoms with Gasteiger partial charge in [-0.2, -0.15) is 5.10 Å². The zero-order valence-electron chi connectivity index (χ0n) is 10.9. The van der Waals surface area contributed by atoms with E-state index >= 15 is 0 Å². The number of aromatic nitrogens is 3. The maximum Gasteiger partial charge on any atom is 0.242 e. The highest BCUT2D eigenvalue weighted by Gasteiger charge is 2.22. The van der Waals surface area contributed by atoms with Crippen molar-refractivity contribution in [3.8, 4) is 5.82 Å². The zero-order chi connectivity index (χ0) is 13.1. The molecule has 1 saturated heterocycles. The van der Waals surface area contributed by atoms with Gasteiger partial charge in [-0.05, 0) is 18.2 Å². The summed E-state index contributed by atoms with van der Waals surface area (Å²) in [6.07, 6.45) is 5.15. The Labute approximate surface area is 138 Å². The van der Waals surface area contributed by atoms with Gasteiger partial charge in [-0.1, -0.05) is 0 Å². The molecule has 0 aliphatic carbocycles. The van der Waals surface area contributed by atoms with Crippen molar-refractivity contribution >= 4 is 48.2 Å². The summed E-state index contributed by atoms with van der Waals surface area (Å²) < 4.78 is 1.67. The summed E-state index contributed by atoms with van der Waals surface area (Å²) in [5.74, 6) is 2.34. The Morgan fingerprint density at radius 1 is 1.43 bits per heavy atom. The number of thioether (sulfide) groups is 1. The molecule has 2 N–H and O–H groups in total. The smallest absolute Gasteiger partial charge is 0.242 e. The summed E-state index contributed by atoms with van der Waals surface area (Å²) in [7, 11) is 0. The van der Waals surface area contributed by atoms with E-state index in [2.05, 4.69) is 20.7 Å². The van der Waals surface area contributed by atoms with Gasteiger partial charge in [0.1, 0.15) is 0 Å². The van der Waals surface area contributed by atoms with E-state index in [1.54, 1.807) is 28.8 Å². The number of anilines is 1. The van der Waals surface area contributed by atoms with Crippen LogP contribution in [0.2, 0.25) is 0 Å². The first-order valence-electron chi connectivity index (χ1n) is 5.91. The average molecular weight is 348 g/mol. The first-order valence-corrected chi connectivity index (χ1v) is 7.06. The number of carbonyl (C=O) groups excluding carboxylic acids is 1. The van der Waals surface area contributed by atoms with Crippen LogP contribution in [0.3, 0.4) is 0 Å². The van der Waals surface area contributed by atoms with Crippen LogP contribution >= 0.6 is 36.6 Å². The predicted molar refractivity (Wildman–Crippen MR) is 88.7 cm³/mol. The summed E-state index contributed by atoms with van der Waals surface area (Å²) in [4.78, 5) is 16.2. The summed E-state index contributed by atoms with van der Waals surface area (Å²) in [6, 6.07) is 5.36. The molecule has 1 aliphatic heterocycles. The quantitative estimate of drug-likeness (QED) is 0.884. The van der Waals surface area contributed by atoms with E-state index in [1.165, 1.54) is 0 Å². The number of hydrogen-bond acceptors (Lipinski definition) is 5. The van der Waals surface area contributed by atoms with E-state index < -0.39 is 0 Å². The van der Waals surface area contributed by atoms with Crippen molar-refractivity contribution in [1.82, 2.24) is 20.1 Å². The monoisotopic (exact) mass is 347 g/mol. The van der Waals surface area contributed by atoms with Gasteiger partial charge >= 0.3 is 0 Å². The molecule has 1 aliphatic rings. The van der Waals surface area contributed by atoms with Crippen molar-refractivity contribution in [2.75, 3.05) is 16.9 Å². The third-order valence-corrected chi connectivity index (χ3v) is 3.73. The topological polar surface area (TPSA) is 71.8 Å². The third kappa shape index (κ3) is 4.34. The van der Waals surface area contributed by atoms with Crippen LogP contribution in [0.5, 0.6) is 0 Å². The lowest BCUT2D eigenvalue weighted by Crippen LogP contribution is -2.37. The fraction of sp³-hybridized carbons (Fsp3) is 0.250. The minimum absolute atomic E-state index is 0. The highest BCUT2D eigenvalue weighted by molar-refractivity contribution is 7.99. The van der Waals surface area contributed by atoms with Crippen LogP contribution in [0.1, 0.15) is 0 Å². The summed E-state index contributed by atoms with van der Waals surface area (Å²) >= 11 is 1.72. The zero-order valence-corrected chi connectivity index (χ0v) is 13.4. The van der Waals surface area contributed by atoms with Crippen LogP contribution in [0.25, 0.3) is 5.82 Å². The summed E-state index contributed by atoms with van der Waals surface area (Å²) in [5.41, 5.74) is 0.694. The molecule has 6 nitrogen and oxygen atoms in total. The van der Waals surface area contributed by atoms with Gasteiger partial charge in [0, 0.05) is 24.0 Å². The number of nitrogens with one attached hydrogen (secondary N) is 2. The maximum absolute atomic E-state index is 11.9. The Kier molecular flexibility index (Phi) is 6.97. The second kappa shape index (κ2) is 8.23. The summed E-state index contributed by atoms with van der Waals surface area (Å²) in [6.45, 7) is 0. The number of carbonyl (C=O) groups is 1. The molecule has 2 aromatic rings. The van der Waals surface area contributed by atoms with E-state index in [0.29, 0.717) is 5.69 Å². The number of pyridine rings is 1. The predicted octanol–water partition coefficient (Wildman–Crippen LogP) is 1.71. The first kappa shape index (κ1) is 17.8. The molecule has 0 radical (unpaired) electrons. The second-order valence-electron chi connectivity index (χ2n) is 4.12. The molecule has 0 aromatic carbocycles. The van der Waals surface area contributed by atoms with Gasteiger partial charge in [0.2, 0.25) is 5.91 Å². The van der Waals surface area contributed by atoms with Crippen molar-refractivity contribution in [2.24, 2.45) is 0 Å². The lowest BCUT2D eigenvalue weighted by molar-refractivity contribution is -0.117. The van der Waals surface area contributed by atoms with Crippen molar-refractivity contribution in [3.63, 3.8) is 0 Å². The van der Waals surface area contributed by atoms with E-state index in [1.807, 2.05) is 24.4 Å². The van der Waals surface area contributed by atoms with Crippen LogP contribution in [0.4, 0.5) is 5.69 Å². The lowest BCUT2D eigenvalue weighted by Gasteiger charge is -2.10. The molecular formula is C12H15Cl2N5OS. The minimum Gasteiger partial charge on any atom is -0.323 e. The van der Waals surface area contributed by atoms with Gasteiger partial charge in [0.05, 0.1) is 17.9 Å². The van der Waals surface area contributed by atoms with E-state index in [9.17, 15) is 4.79 Å². The maximum atomic E-state index is 11.9. The molecule has 21 heavy (non-hydrogen) atoms. The lowest BCUT2D eigenvalue weighted by atomic mass is 10.3. The Morgan fingerprint density at radius 3 is 2.86 bits per heavy atom. The van der Waals surface area contributed by atoms with Gasteiger partial charge < -0.3 is 5.32 Å². The molecule has 9 heteroatoms. The summed E-state index contributed by atoms with van der Waals surface area (Å²) in [5, 5.41) is 10.1. The SMILES string of the molecule is Cl.Cl.O=C(Nc1ccc(-n2cccn2)nc1)C1CSCN1. The molecule has 0 saturated carbocycles. The molecule has 1 amide bonds. The number of rotatable bonds is 3. The van der Waals surface area contributed by atoms with Gasteiger partial charge in [0.15, 0.2) is 5.82 Å². The van der Waals surface area contributed by atoms with Gasteiger partial charge in [-0.25, -0.2) is 9.67 Å². The average Bonchev–Trinajstić information content (AvgIpc) is 3.13. The van der Waals surface area contributed by atoms with Gasteiger partial charge in [-0.15, -0.1) is 36.6 Å². The van der Waals surface area contributed by atoms with E-state index in [-0.39, 0.29) is 36.8 Å². The molecule has 114 valence electrons. The fourth-order valence-corrected chi connectivity index (χ4v) is 2.73. The molecular weight excluding hydrogens is 333 g/mol. The fourth-order valence-electron chi connectivity index (χ4n) is 1.79. The van der Waals surface area contributed by atoms with Crippen molar-refractivity contribution in [2.45, 2.75) is 6.04 Å². The number of hydrogen-bond donors (Lipinski definition) is 2. The largest absolute Gasteiger partial charge is 0.323 e. The molecule has 1 atom stereocenters. The van der Waals surface area contributed by atoms with Crippen LogP contribution in [0.15, 0.2) is 36.8 Å². The Bertz CT molecular complexity index is 558. The van der Waals surface area contributed by atoms with E-state index in [4.69, 9.17) is 0 Å². The van der Waals surface area contributed by atoms with Gasteiger partial charge in [-0.3, -0.25) is 10.1 Å². The van der Waals surface area contributed by atoms with Crippen LogP contribution in [-0.4, -0.2) is 38.3 Å². The van der Waals surface area contributed by atoms with Crippen LogP contribution in [-0.2, 0) is 4.79 Å². The molecule has 0 spiro atoms. The molecule has 0 bridgehead atoms. The highest BCUT2D eigenvalue weighted by Crippen LogP contribution is 2.13. The molecule has 1 fully saturated rings. The van der Waals surface area contributed by atoms with Crippen LogP contribution < -0.4 is 10.6 Å². The minimum atomic E-state index is -0.115. The van der Waals surface area contributed by atoms with Crippen molar-refractivity contribution < 1.29 is 4.79 Å². The standard InChI is InChI=1S/C12H13N5OS.2ClH/c18-12(10-7-19-8-14-10)16-9-2-3-11(13-6-9)17-5-1-4-15-17;;/h1-6,10,14H,7-8H2,(H,16,18);2*1H. The number of halogens is 2. The van der Waals surface area contributed by atoms with E-state index in [0.717, 1.165) is 17.4 Å².